The number of allylic oxidation sites excluding steroid dienone is 1. The van der Waals surface area contributed by atoms with E-state index in [0.717, 1.165) is 28.6 Å². The Labute approximate surface area is 149 Å². The van der Waals surface area contributed by atoms with E-state index in [4.69, 9.17) is 7.85 Å². The molecule has 3 aromatic rings. The number of aryl methyl sites for hydroxylation is 1. The first-order valence-corrected chi connectivity index (χ1v) is 8.39. The minimum atomic E-state index is -0.205. The maximum atomic E-state index is 14.4. The third-order valence-corrected chi connectivity index (χ3v) is 4.44. The van der Waals surface area contributed by atoms with Gasteiger partial charge in [-0.3, -0.25) is 0 Å². The summed E-state index contributed by atoms with van der Waals surface area (Å²) < 4.78 is 14.4. The number of benzene rings is 2. The zero-order valence-electron chi connectivity index (χ0n) is 14.5. The van der Waals surface area contributed by atoms with Crippen LogP contribution < -0.4 is 5.46 Å². The monoisotopic (exact) mass is 330 g/mol. The van der Waals surface area contributed by atoms with E-state index in [1.54, 1.807) is 18.5 Å². The Kier molecular flexibility index (Phi) is 5.18. The molecule has 25 heavy (non-hydrogen) atoms. The molecule has 3 rings (SSSR count). The molecule has 0 saturated heterocycles. The van der Waals surface area contributed by atoms with Crippen LogP contribution in [0.25, 0.3) is 17.5 Å². The van der Waals surface area contributed by atoms with Gasteiger partial charge in [0.25, 0.3) is 0 Å². The van der Waals surface area contributed by atoms with Gasteiger partial charge >= 0.3 is 0 Å². The number of halogens is 1. The molecule has 124 valence electrons. The number of nitrogens with one attached hydrogen (secondary N) is 1. The fourth-order valence-corrected chi connectivity index (χ4v) is 3.14. The van der Waals surface area contributed by atoms with Crippen LogP contribution in [0.15, 0.2) is 48.8 Å². The molecule has 0 fully saturated rings. The summed E-state index contributed by atoms with van der Waals surface area (Å²) in [4.78, 5) is 7.32. The standard InChI is InChI=1S/C21H20BFN2/c1-3-5-15-12-17(22)13-16(14(15)2)8-9-18-19(6-4-7-20(18)23)21-24-10-11-25-21/h3-7,10-13H,8-9H2,1-2H3,(H,24,25)/b5-3-. The molecule has 0 saturated carbocycles. The van der Waals surface area contributed by atoms with Crippen LogP contribution in [0.1, 0.15) is 29.2 Å². The highest BCUT2D eigenvalue weighted by molar-refractivity contribution is 6.32. The molecule has 1 aromatic heterocycles. The zero-order chi connectivity index (χ0) is 17.8. The van der Waals surface area contributed by atoms with E-state index < -0.39 is 0 Å². The van der Waals surface area contributed by atoms with Crippen LogP contribution in [-0.2, 0) is 12.8 Å². The number of imidazole rings is 1. The topological polar surface area (TPSA) is 28.7 Å². The molecule has 0 spiro atoms. The molecular formula is C21H20BFN2. The Balaban J connectivity index is 1.93. The number of H-pyrrole nitrogens is 1. The lowest BCUT2D eigenvalue weighted by Crippen LogP contribution is -2.09. The van der Waals surface area contributed by atoms with Crippen molar-refractivity contribution < 1.29 is 4.39 Å². The number of hydrogen-bond donors (Lipinski definition) is 1. The van der Waals surface area contributed by atoms with E-state index in [1.807, 2.05) is 37.3 Å². The number of rotatable bonds is 5. The molecule has 2 radical (unpaired) electrons. The van der Waals surface area contributed by atoms with Gasteiger partial charge in [0.1, 0.15) is 19.5 Å². The van der Waals surface area contributed by atoms with Crippen molar-refractivity contribution in [2.75, 3.05) is 0 Å². The van der Waals surface area contributed by atoms with Gasteiger partial charge in [0.05, 0.1) is 0 Å². The van der Waals surface area contributed by atoms with E-state index >= 15 is 0 Å². The molecular weight excluding hydrogens is 310 g/mol. The first-order valence-electron chi connectivity index (χ1n) is 8.39. The van der Waals surface area contributed by atoms with E-state index in [0.29, 0.717) is 17.8 Å². The van der Waals surface area contributed by atoms with Crippen LogP contribution in [-0.4, -0.2) is 17.8 Å². The van der Waals surface area contributed by atoms with Crippen molar-refractivity contribution in [2.45, 2.75) is 26.7 Å². The largest absolute Gasteiger partial charge is 0.345 e. The van der Waals surface area contributed by atoms with Crippen molar-refractivity contribution in [2.24, 2.45) is 0 Å². The smallest absolute Gasteiger partial charge is 0.137 e. The lowest BCUT2D eigenvalue weighted by atomic mass is 9.86. The van der Waals surface area contributed by atoms with Crippen molar-refractivity contribution in [3.63, 3.8) is 0 Å². The molecule has 0 unspecified atom stereocenters. The van der Waals surface area contributed by atoms with Crippen molar-refractivity contribution in [3.8, 4) is 11.4 Å². The zero-order valence-corrected chi connectivity index (χ0v) is 14.5. The van der Waals surface area contributed by atoms with Crippen LogP contribution >= 0.6 is 0 Å². The Morgan fingerprint density at radius 3 is 2.80 bits per heavy atom. The van der Waals surface area contributed by atoms with Crippen molar-refractivity contribution >= 4 is 19.4 Å². The fourth-order valence-electron chi connectivity index (χ4n) is 3.14. The first-order chi connectivity index (χ1) is 12.1. The second-order valence-corrected chi connectivity index (χ2v) is 6.10. The first kappa shape index (κ1) is 17.2. The maximum Gasteiger partial charge on any atom is 0.137 e. The molecule has 0 aliphatic carbocycles. The van der Waals surface area contributed by atoms with Gasteiger partial charge in [0.15, 0.2) is 0 Å². The quantitative estimate of drug-likeness (QED) is 0.700. The molecule has 2 aromatic carbocycles. The van der Waals surface area contributed by atoms with E-state index in [-0.39, 0.29) is 5.82 Å². The van der Waals surface area contributed by atoms with Gasteiger partial charge in [0.2, 0.25) is 0 Å². The molecule has 2 nitrogen and oxygen atoms in total. The summed E-state index contributed by atoms with van der Waals surface area (Å²) in [7, 11) is 6.04. The molecule has 0 aliphatic heterocycles. The van der Waals surface area contributed by atoms with Crippen molar-refractivity contribution in [1.29, 1.82) is 0 Å². The molecule has 0 amide bonds. The summed E-state index contributed by atoms with van der Waals surface area (Å²) in [6.45, 7) is 4.07. The van der Waals surface area contributed by atoms with Crippen LogP contribution in [0.4, 0.5) is 4.39 Å². The third kappa shape index (κ3) is 3.73. The highest BCUT2D eigenvalue weighted by atomic mass is 19.1. The lowest BCUT2D eigenvalue weighted by Gasteiger charge is -2.13. The SMILES string of the molecule is [B]c1cc(/C=C\C)c(C)c(CCc2c(F)cccc2-c2ncc[nH]2)c1. The summed E-state index contributed by atoms with van der Waals surface area (Å²) in [6.07, 6.45) is 8.77. The van der Waals surface area contributed by atoms with E-state index in [9.17, 15) is 4.39 Å². The Morgan fingerprint density at radius 2 is 2.08 bits per heavy atom. The Morgan fingerprint density at radius 1 is 1.24 bits per heavy atom. The van der Waals surface area contributed by atoms with Crippen LogP contribution in [0, 0.1) is 12.7 Å². The predicted octanol–water partition coefficient (Wildman–Crippen LogP) is 4.14. The summed E-state index contributed by atoms with van der Waals surface area (Å²) in [5.74, 6) is 0.484. The highest BCUT2D eigenvalue weighted by Gasteiger charge is 2.13. The van der Waals surface area contributed by atoms with Gasteiger partial charge in [-0.05, 0) is 55.0 Å². The number of nitrogens with zero attached hydrogens (tertiary/aromatic N) is 1. The van der Waals surface area contributed by atoms with Gasteiger partial charge in [-0.15, -0.1) is 0 Å². The maximum absolute atomic E-state index is 14.4. The summed E-state index contributed by atoms with van der Waals surface area (Å²) in [5, 5.41) is 0. The summed E-state index contributed by atoms with van der Waals surface area (Å²) in [6, 6.07) is 9.06. The van der Waals surface area contributed by atoms with Crippen LogP contribution in [0.2, 0.25) is 0 Å². The molecule has 4 heteroatoms. The van der Waals surface area contributed by atoms with Gasteiger partial charge < -0.3 is 4.98 Å². The third-order valence-electron chi connectivity index (χ3n) is 4.44. The van der Waals surface area contributed by atoms with Gasteiger partial charge in [-0.2, -0.15) is 0 Å². The fraction of sp³-hybridized carbons (Fsp3) is 0.190. The lowest BCUT2D eigenvalue weighted by molar-refractivity contribution is 0.609. The molecule has 1 N–H and O–H groups in total. The minimum Gasteiger partial charge on any atom is -0.345 e. The van der Waals surface area contributed by atoms with Crippen LogP contribution in [0.3, 0.4) is 0 Å². The average Bonchev–Trinajstić information content (AvgIpc) is 3.12. The number of aromatic amines is 1. The van der Waals surface area contributed by atoms with Crippen molar-refractivity contribution in [1.82, 2.24) is 9.97 Å². The van der Waals surface area contributed by atoms with E-state index in [1.165, 1.54) is 11.6 Å². The van der Waals surface area contributed by atoms with Gasteiger partial charge in [-0.25, -0.2) is 9.37 Å². The van der Waals surface area contributed by atoms with Crippen molar-refractivity contribution in [3.05, 3.63) is 76.9 Å². The van der Waals surface area contributed by atoms with Gasteiger partial charge in [-0.1, -0.05) is 41.9 Å². The minimum absolute atomic E-state index is 0.205. The second kappa shape index (κ2) is 7.52. The second-order valence-electron chi connectivity index (χ2n) is 6.10. The Hall–Kier alpha value is -2.62. The molecule has 1 heterocycles. The van der Waals surface area contributed by atoms with Gasteiger partial charge in [0, 0.05) is 18.0 Å². The average molecular weight is 330 g/mol. The molecule has 0 aliphatic rings. The van der Waals surface area contributed by atoms with E-state index in [2.05, 4.69) is 16.9 Å². The predicted molar refractivity (Wildman–Crippen MR) is 103 cm³/mol. The summed E-state index contributed by atoms with van der Waals surface area (Å²) >= 11 is 0. The summed E-state index contributed by atoms with van der Waals surface area (Å²) in [5.41, 5.74) is 5.64. The normalized spacial score (nSPS) is 11.3. The molecule has 0 atom stereocenters. The Bertz CT molecular complexity index is 899. The highest BCUT2D eigenvalue weighted by Crippen LogP contribution is 2.25. The number of aromatic nitrogens is 2. The number of hydrogen-bond acceptors (Lipinski definition) is 1. The molecule has 0 bridgehead atoms. The van der Waals surface area contributed by atoms with Crippen LogP contribution in [0.5, 0.6) is 0 Å².